The Morgan fingerprint density at radius 1 is 1.14 bits per heavy atom. The Bertz CT molecular complexity index is 504. The zero-order valence-electron chi connectivity index (χ0n) is 13.5. The first-order valence-electron chi connectivity index (χ1n) is 7.14. The fourth-order valence-electron chi connectivity index (χ4n) is 2.73. The van der Waals surface area contributed by atoms with Crippen LogP contribution in [0.25, 0.3) is 0 Å². The van der Waals surface area contributed by atoms with Gasteiger partial charge in [0.2, 0.25) is 0 Å². The molecule has 2 aliphatic rings. The Labute approximate surface area is 126 Å². The maximum absolute atomic E-state index is 15.3. The van der Waals surface area contributed by atoms with Crippen molar-refractivity contribution in [3.05, 3.63) is 0 Å². The zero-order valence-corrected chi connectivity index (χ0v) is 14.3. The average Bonchev–Trinajstić information content (AvgIpc) is 2.79. The maximum Gasteiger partial charge on any atom is 0.262 e. The summed E-state index contributed by atoms with van der Waals surface area (Å²) in [7, 11) is -4.07. The molecule has 21 heavy (non-hydrogen) atoms. The quantitative estimate of drug-likeness (QED) is 0.776. The lowest BCUT2D eigenvalue weighted by molar-refractivity contribution is -0.104. The summed E-state index contributed by atoms with van der Waals surface area (Å²) in [4.78, 5) is 0. The number of hydrogen-bond donors (Lipinski definition) is 0. The van der Waals surface area contributed by atoms with Crippen molar-refractivity contribution in [2.24, 2.45) is 0 Å². The van der Waals surface area contributed by atoms with Gasteiger partial charge in [-0.1, -0.05) is 0 Å². The lowest BCUT2D eigenvalue weighted by atomic mass is 10.1. The highest BCUT2D eigenvalue weighted by Gasteiger charge is 2.67. The fraction of sp³-hybridized carbons (Fsp3) is 1.00. The third-order valence-electron chi connectivity index (χ3n) is 3.76. The van der Waals surface area contributed by atoms with Gasteiger partial charge in [-0.25, -0.2) is 12.8 Å². The Kier molecular flexibility index (Phi) is 3.98. The summed E-state index contributed by atoms with van der Waals surface area (Å²) in [6, 6.07) is 0. The number of rotatable bonds is 2. The molecule has 0 aromatic carbocycles. The van der Waals surface area contributed by atoms with Crippen LogP contribution in [0.5, 0.6) is 0 Å². The summed E-state index contributed by atoms with van der Waals surface area (Å²) >= 11 is 0. The maximum atomic E-state index is 15.3. The van der Waals surface area contributed by atoms with Gasteiger partial charge in [0.15, 0.2) is 9.84 Å². The topological polar surface area (TPSA) is 61.8 Å². The first kappa shape index (κ1) is 17.1. The normalized spacial score (nSPS) is 37.8. The molecule has 5 nitrogen and oxygen atoms in total. The Morgan fingerprint density at radius 3 is 2.19 bits per heavy atom. The van der Waals surface area contributed by atoms with Crippen LogP contribution in [0, 0.1) is 0 Å². The van der Waals surface area contributed by atoms with Crippen molar-refractivity contribution in [1.82, 2.24) is 0 Å². The van der Waals surface area contributed by atoms with E-state index in [2.05, 4.69) is 0 Å². The summed E-state index contributed by atoms with van der Waals surface area (Å²) in [5.74, 6) is 0. The van der Waals surface area contributed by atoms with Gasteiger partial charge in [0, 0.05) is 0 Å². The van der Waals surface area contributed by atoms with E-state index in [4.69, 9.17) is 14.2 Å². The molecule has 0 aromatic rings. The van der Waals surface area contributed by atoms with Gasteiger partial charge in [0.25, 0.3) is 5.00 Å². The zero-order chi connectivity index (χ0) is 16.3. The average molecular weight is 324 g/mol. The predicted octanol–water partition coefficient (Wildman–Crippen LogP) is 1.85. The number of alkyl halides is 1. The monoisotopic (exact) mass is 324 g/mol. The minimum atomic E-state index is -4.07. The highest BCUT2D eigenvalue weighted by atomic mass is 32.2. The van der Waals surface area contributed by atoms with Crippen LogP contribution in [0.2, 0.25) is 0 Å². The van der Waals surface area contributed by atoms with Crippen molar-refractivity contribution in [2.45, 2.75) is 75.2 Å². The molecule has 2 aliphatic heterocycles. The summed E-state index contributed by atoms with van der Waals surface area (Å²) in [6.45, 7) is 9.71. The van der Waals surface area contributed by atoms with Gasteiger partial charge in [-0.2, -0.15) is 0 Å². The molecule has 0 aromatic heterocycles. The molecule has 0 bridgehead atoms. The largest absolute Gasteiger partial charge is 0.368 e. The molecule has 2 heterocycles. The molecule has 0 amide bonds. The van der Waals surface area contributed by atoms with E-state index in [1.54, 1.807) is 0 Å². The second-order valence-electron chi connectivity index (χ2n) is 7.70. The Hall–Kier alpha value is -0.240. The third-order valence-corrected chi connectivity index (χ3v) is 6.62. The smallest absolute Gasteiger partial charge is 0.262 e. The summed E-state index contributed by atoms with van der Waals surface area (Å²) in [5.41, 5.74) is -0.434. The molecular weight excluding hydrogens is 299 g/mol. The van der Waals surface area contributed by atoms with E-state index in [-0.39, 0.29) is 6.61 Å². The first-order valence-corrected chi connectivity index (χ1v) is 8.62. The van der Waals surface area contributed by atoms with Crippen LogP contribution in [0.1, 0.15) is 41.5 Å². The minimum absolute atomic E-state index is 0.137. The number of halogens is 1. The van der Waals surface area contributed by atoms with Crippen LogP contribution in [0.4, 0.5) is 4.39 Å². The first-order chi connectivity index (χ1) is 9.30. The van der Waals surface area contributed by atoms with Crippen LogP contribution in [0.15, 0.2) is 0 Å². The highest BCUT2D eigenvalue weighted by Crippen LogP contribution is 2.45. The second-order valence-corrected chi connectivity index (χ2v) is 10.6. The summed E-state index contributed by atoms with van der Waals surface area (Å²) < 4.78 is 55.8. The van der Waals surface area contributed by atoms with Crippen LogP contribution >= 0.6 is 0 Å². The minimum Gasteiger partial charge on any atom is -0.368 e. The van der Waals surface area contributed by atoms with Gasteiger partial charge in [0.1, 0.15) is 18.3 Å². The molecule has 0 aliphatic carbocycles. The van der Waals surface area contributed by atoms with Crippen molar-refractivity contribution >= 4 is 9.84 Å². The molecule has 2 rings (SSSR count). The number of fused-ring (bicyclic) bond motifs is 1. The molecule has 0 saturated carbocycles. The van der Waals surface area contributed by atoms with E-state index >= 15 is 4.39 Å². The lowest BCUT2D eigenvalue weighted by Crippen LogP contribution is -2.53. The van der Waals surface area contributed by atoms with Gasteiger partial charge in [0.05, 0.1) is 23.6 Å². The van der Waals surface area contributed by atoms with Gasteiger partial charge in [-0.15, -0.1) is 0 Å². The molecule has 0 N–H and O–H groups in total. The molecule has 2 saturated heterocycles. The summed E-state index contributed by atoms with van der Waals surface area (Å²) in [6.07, 6.45) is -2.27. The molecule has 2 unspecified atom stereocenters. The van der Waals surface area contributed by atoms with E-state index < -0.39 is 50.1 Å². The predicted molar refractivity (Wildman–Crippen MR) is 76.6 cm³/mol. The highest BCUT2D eigenvalue weighted by molar-refractivity contribution is 7.94. The van der Waals surface area contributed by atoms with E-state index in [9.17, 15) is 8.42 Å². The van der Waals surface area contributed by atoms with Crippen molar-refractivity contribution in [3.63, 3.8) is 0 Å². The molecule has 124 valence electrons. The molecule has 0 radical (unpaired) electrons. The number of hydrogen-bond acceptors (Lipinski definition) is 5. The van der Waals surface area contributed by atoms with E-state index in [1.807, 2.05) is 20.8 Å². The van der Waals surface area contributed by atoms with Crippen molar-refractivity contribution in [2.75, 3.05) is 13.2 Å². The molecule has 4 atom stereocenters. The third kappa shape index (κ3) is 2.73. The number of sulfone groups is 1. The standard InChI is InChI=1S/C14H25FO5S/c1-12(2,3)20-9-7-18-11-10(9)19-8-14(11,15)21(16,17)13(4,5)6/h9-11H,7-8H2,1-6H3/t9?,10-,11+,14?/m1/s1. The number of ether oxygens (including phenoxy) is 3. The van der Waals surface area contributed by atoms with Crippen molar-refractivity contribution < 1.29 is 27.0 Å². The van der Waals surface area contributed by atoms with Crippen molar-refractivity contribution in [3.8, 4) is 0 Å². The SMILES string of the molecule is CC(C)(C)OC1CO[C@H]2[C@@H]1OCC2(F)S(=O)(=O)C(C)(C)C. The van der Waals surface area contributed by atoms with Gasteiger partial charge < -0.3 is 14.2 Å². The molecular formula is C14H25FO5S. The molecule has 7 heteroatoms. The van der Waals surface area contributed by atoms with E-state index in [0.29, 0.717) is 0 Å². The van der Waals surface area contributed by atoms with Gasteiger partial charge in [-0.3, -0.25) is 0 Å². The summed E-state index contributed by atoms with van der Waals surface area (Å²) in [5, 5.41) is -2.52. The van der Waals surface area contributed by atoms with Gasteiger partial charge in [-0.05, 0) is 41.5 Å². The Morgan fingerprint density at radius 2 is 1.71 bits per heavy atom. The molecule has 0 spiro atoms. The van der Waals surface area contributed by atoms with Crippen LogP contribution in [0.3, 0.4) is 0 Å². The van der Waals surface area contributed by atoms with Crippen molar-refractivity contribution in [1.29, 1.82) is 0 Å². The van der Waals surface area contributed by atoms with E-state index in [1.165, 1.54) is 20.8 Å². The van der Waals surface area contributed by atoms with Crippen LogP contribution in [-0.2, 0) is 24.0 Å². The molecule has 2 fully saturated rings. The van der Waals surface area contributed by atoms with Gasteiger partial charge >= 0.3 is 0 Å². The van der Waals surface area contributed by atoms with Crippen LogP contribution < -0.4 is 0 Å². The lowest BCUT2D eigenvalue weighted by Gasteiger charge is -2.31. The fourth-order valence-corrected chi connectivity index (χ4v) is 4.48. The van der Waals surface area contributed by atoms with Crippen LogP contribution in [-0.4, -0.2) is 55.3 Å². The Balaban J connectivity index is 2.26. The van der Waals surface area contributed by atoms with E-state index in [0.717, 1.165) is 0 Å². The second kappa shape index (κ2) is 4.88.